The molecular formula is C41H62N8O2. The zero-order valence-electron chi connectivity index (χ0n) is 31.5. The van der Waals surface area contributed by atoms with Crippen LogP contribution in [0, 0.1) is 25.2 Å². The fourth-order valence-electron chi connectivity index (χ4n) is 9.23. The smallest absolute Gasteiger partial charge is 0.223 e. The number of carbonyl (C=O) groups excluding carboxylic acids is 2. The third-order valence-corrected chi connectivity index (χ3v) is 12.2. The molecular weight excluding hydrogens is 637 g/mol. The maximum Gasteiger partial charge on any atom is 0.223 e. The van der Waals surface area contributed by atoms with Gasteiger partial charge in [0.05, 0.1) is 6.04 Å². The normalized spacial score (nSPS) is 24.1. The quantitative estimate of drug-likeness (QED) is 0.203. The summed E-state index contributed by atoms with van der Waals surface area (Å²) in [5, 5.41) is 12.4. The zero-order valence-corrected chi connectivity index (χ0v) is 31.5. The van der Waals surface area contributed by atoms with Crippen LogP contribution in [0.4, 0.5) is 0 Å². The summed E-state index contributed by atoms with van der Waals surface area (Å²) < 4.78 is 2.42. The maximum atomic E-state index is 13.7. The number of piperidine rings is 2. The molecule has 0 spiro atoms. The van der Waals surface area contributed by atoms with Gasteiger partial charge in [0.2, 0.25) is 11.8 Å². The lowest BCUT2D eigenvalue weighted by Gasteiger charge is -2.41. The monoisotopic (exact) mass is 698 g/mol. The predicted molar refractivity (Wildman–Crippen MR) is 202 cm³/mol. The molecule has 1 N–H and O–H groups in total. The second-order valence-corrected chi connectivity index (χ2v) is 15.9. The van der Waals surface area contributed by atoms with Gasteiger partial charge in [0.25, 0.3) is 0 Å². The van der Waals surface area contributed by atoms with Gasteiger partial charge in [-0.2, -0.15) is 0 Å². The molecule has 1 aromatic carbocycles. The lowest BCUT2D eigenvalue weighted by Crippen LogP contribution is -2.48. The van der Waals surface area contributed by atoms with E-state index in [4.69, 9.17) is 6.42 Å². The van der Waals surface area contributed by atoms with Gasteiger partial charge in [-0.05, 0) is 76.8 Å². The largest absolute Gasteiger partial charge is 0.349 e. The number of hydrogen-bond acceptors (Lipinski definition) is 7. The van der Waals surface area contributed by atoms with Crippen molar-refractivity contribution in [3.8, 4) is 12.3 Å². The van der Waals surface area contributed by atoms with Crippen molar-refractivity contribution >= 4 is 11.8 Å². The molecule has 0 saturated carbocycles. The lowest BCUT2D eigenvalue weighted by molar-refractivity contribution is -0.136. The Hall–Kier alpha value is -3.26. The minimum absolute atomic E-state index is 0.0217. The summed E-state index contributed by atoms with van der Waals surface area (Å²) >= 11 is 0. The Labute approximate surface area is 306 Å². The number of piperazine rings is 1. The van der Waals surface area contributed by atoms with Crippen LogP contribution in [0.25, 0.3) is 0 Å². The van der Waals surface area contributed by atoms with Crippen LogP contribution < -0.4 is 5.32 Å². The molecule has 0 aliphatic carbocycles. The molecule has 4 aliphatic rings. The van der Waals surface area contributed by atoms with E-state index in [2.05, 4.69) is 85.7 Å². The van der Waals surface area contributed by atoms with Crippen molar-refractivity contribution in [2.75, 3.05) is 58.9 Å². The Balaban J connectivity index is 0.952. The third kappa shape index (κ3) is 9.60. The number of rotatable bonds is 15. The second kappa shape index (κ2) is 18.0. The van der Waals surface area contributed by atoms with Crippen molar-refractivity contribution in [2.24, 2.45) is 5.92 Å². The molecule has 0 radical (unpaired) electrons. The van der Waals surface area contributed by atoms with Gasteiger partial charge in [0, 0.05) is 95.2 Å². The highest BCUT2D eigenvalue weighted by Gasteiger charge is 2.42. The molecule has 4 fully saturated rings. The molecule has 51 heavy (non-hydrogen) atoms. The van der Waals surface area contributed by atoms with Crippen LogP contribution >= 0.6 is 0 Å². The summed E-state index contributed by atoms with van der Waals surface area (Å²) in [4.78, 5) is 36.6. The van der Waals surface area contributed by atoms with Crippen molar-refractivity contribution in [1.29, 1.82) is 0 Å². The Kier molecular flexibility index (Phi) is 13.2. The summed E-state index contributed by atoms with van der Waals surface area (Å²) in [6.07, 6.45) is 16.2. The van der Waals surface area contributed by atoms with Gasteiger partial charge in [0.1, 0.15) is 11.6 Å². The highest BCUT2D eigenvalue weighted by molar-refractivity contribution is 5.80. The number of likely N-dealkylation sites (tertiary alicyclic amines) is 1. The van der Waals surface area contributed by atoms with Crippen molar-refractivity contribution < 1.29 is 9.59 Å². The minimum Gasteiger partial charge on any atom is -0.349 e. The number of nitrogens with one attached hydrogen (secondary N) is 1. The van der Waals surface area contributed by atoms with Crippen molar-refractivity contribution in [3.63, 3.8) is 0 Å². The standard InChI is InChI=1S/C41H62N8O2/c1-5-6-7-11-20-45-25-27-46(28-26-45)21-19-39(50)47-22-16-34(17-23-47)41(51)42-38(33-12-9-8-10-13-33)18-24-48-35-14-15-36(48)30-37(29-35)49-32(4)43-44-40(49)31(2)3/h1,8-10,12-13,31,34-38H,6-7,11,14-30H2,2-4H3,(H,42,51)/t35?,36?,37?,38-/m0/s1. The number of carbonyl (C=O) groups is 2. The molecule has 278 valence electrons. The number of aryl methyl sites for hydroxylation is 1. The number of nitrogens with zero attached hydrogens (tertiary/aromatic N) is 7. The topological polar surface area (TPSA) is 89.8 Å². The first-order valence-electron chi connectivity index (χ1n) is 20.0. The first-order valence-corrected chi connectivity index (χ1v) is 20.0. The Morgan fingerprint density at radius 2 is 1.53 bits per heavy atom. The van der Waals surface area contributed by atoms with E-state index in [1.807, 2.05) is 11.0 Å². The van der Waals surface area contributed by atoms with Gasteiger partial charge in [-0.1, -0.05) is 44.2 Å². The van der Waals surface area contributed by atoms with Crippen LogP contribution in [-0.2, 0) is 9.59 Å². The van der Waals surface area contributed by atoms with Crippen LogP contribution in [0.1, 0.15) is 120 Å². The van der Waals surface area contributed by atoms with E-state index < -0.39 is 0 Å². The molecule has 3 atom stereocenters. The van der Waals surface area contributed by atoms with Crippen molar-refractivity contribution in [2.45, 2.75) is 121 Å². The number of terminal acetylenes is 1. The zero-order chi connectivity index (χ0) is 35.7. The molecule has 10 nitrogen and oxygen atoms in total. The number of fused-ring (bicyclic) bond motifs is 2. The fourth-order valence-corrected chi connectivity index (χ4v) is 9.23. The molecule has 1 aromatic heterocycles. The van der Waals surface area contributed by atoms with Crippen LogP contribution in [0.3, 0.4) is 0 Å². The highest BCUT2D eigenvalue weighted by Crippen LogP contribution is 2.42. The van der Waals surface area contributed by atoms with Crippen LogP contribution in [0.15, 0.2) is 30.3 Å². The molecule has 2 aromatic rings. The van der Waals surface area contributed by atoms with Gasteiger partial charge < -0.3 is 24.6 Å². The van der Waals surface area contributed by atoms with E-state index >= 15 is 0 Å². The number of aromatic nitrogens is 3. The maximum absolute atomic E-state index is 13.7. The van der Waals surface area contributed by atoms with Crippen LogP contribution in [0.5, 0.6) is 0 Å². The second-order valence-electron chi connectivity index (χ2n) is 15.9. The van der Waals surface area contributed by atoms with Crippen molar-refractivity contribution in [1.82, 2.24) is 39.7 Å². The Bertz CT molecular complexity index is 1440. The first-order chi connectivity index (χ1) is 24.8. The summed E-state index contributed by atoms with van der Waals surface area (Å²) in [5.41, 5.74) is 1.17. The molecule has 5 heterocycles. The molecule has 10 heteroatoms. The number of unbranched alkanes of at least 4 members (excludes halogenated alkanes) is 2. The SMILES string of the molecule is C#CCCCCN1CCN(CCC(=O)N2CCC(C(=O)N[C@@H](CCN3C4CCC3CC(n3c(C)nnc3C(C)C)C4)c3ccccc3)CC2)CC1. The summed E-state index contributed by atoms with van der Waals surface area (Å²) in [5.74, 6) is 5.55. The molecule has 2 unspecified atom stereocenters. The fraction of sp³-hybridized carbons (Fsp3) is 0.707. The number of hydrogen-bond donors (Lipinski definition) is 1. The highest BCUT2D eigenvalue weighted by atomic mass is 16.2. The summed E-state index contributed by atoms with van der Waals surface area (Å²) in [6.45, 7) is 14.9. The molecule has 4 saturated heterocycles. The molecule has 2 amide bonds. The van der Waals surface area contributed by atoms with E-state index in [1.165, 1.54) is 18.4 Å². The van der Waals surface area contributed by atoms with Crippen LogP contribution in [0.2, 0.25) is 0 Å². The molecule has 4 aliphatic heterocycles. The average molecular weight is 699 g/mol. The number of benzene rings is 1. The first kappa shape index (κ1) is 37.5. The molecule has 6 rings (SSSR count). The third-order valence-electron chi connectivity index (χ3n) is 12.2. The van der Waals surface area contributed by atoms with Gasteiger partial charge in [0.15, 0.2) is 0 Å². The van der Waals surface area contributed by atoms with E-state index in [1.54, 1.807) is 0 Å². The van der Waals surface area contributed by atoms with E-state index in [0.29, 0.717) is 43.6 Å². The van der Waals surface area contributed by atoms with E-state index in [-0.39, 0.29) is 23.8 Å². The van der Waals surface area contributed by atoms with Crippen molar-refractivity contribution in [3.05, 3.63) is 47.5 Å². The Morgan fingerprint density at radius 1 is 0.863 bits per heavy atom. The van der Waals surface area contributed by atoms with Gasteiger partial charge in [-0.15, -0.1) is 22.5 Å². The average Bonchev–Trinajstić information content (AvgIpc) is 3.66. The summed E-state index contributed by atoms with van der Waals surface area (Å²) in [7, 11) is 0. The van der Waals surface area contributed by atoms with Gasteiger partial charge >= 0.3 is 0 Å². The Morgan fingerprint density at radius 3 is 2.18 bits per heavy atom. The van der Waals surface area contributed by atoms with E-state index in [0.717, 1.165) is 109 Å². The lowest BCUT2D eigenvalue weighted by atomic mass is 9.93. The minimum atomic E-state index is -0.0527. The van der Waals surface area contributed by atoms with Crippen LogP contribution in [-0.4, -0.2) is 117 Å². The summed E-state index contributed by atoms with van der Waals surface area (Å²) in [6, 6.07) is 12.0. The van der Waals surface area contributed by atoms with Gasteiger partial charge in [-0.25, -0.2) is 0 Å². The van der Waals surface area contributed by atoms with E-state index in [9.17, 15) is 9.59 Å². The number of amides is 2. The predicted octanol–water partition coefficient (Wildman–Crippen LogP) is 5.18. The van der Waals surface area contributed by atoms with Gasteiger partial charge in [-0.3, -0.25) is 14.5 Å². The molecule has 2 bridgehead atoms.